The zero-order valence-electron chi connectivity index (χ0n) is 14.4. The minimum atomic E-state index is 0.123. The number of aromatic nitrogens is 1. The Morgan fingerprint density at radius 3 is 2.75 bits per heavy atom. The number of rotatable bonds is 7. The van der Waals surface area contributed by atoms with E-state index < -0.39 is 0 Å². The van der Waals surface area contributed by atoms with Gasteiger partial charge in [0.15, 0.2) is 0 Å². The Balaban J connectivity index is 1.61. The van der Waals surface area contributed by atoms with Gasteiger partial charge in [-0.25, -0.2) is 0 Å². The number of hydrogen-bond donors (Lipinski definition) is 1. The fraction of sp³-hybridized carbons (Fsp3) is 0.526. The van der Waals surface area contributed by atoms with E-state index in [1.54, 1.807) is 6.26 Å². The van der Waals surface area contributed by atoms with Crippen LogP contribution in [0.2, 0.25) is 0 Å². The van der Waals surface area contributed by atoms with Crippen LogP contribution in [0.3, 0.4) is 0 Å². The van der Waals surface area contributed by atoms with E-state index in [0.717, 1.165) is 11.5 Å². The Kier molecular flexibility index (Phi) is 5.75. The van der Waals surface area contributed by atoms with Crippen LogP contribution < -0.4 is 5.32 Å². The molecule has 130 valence electrons. The van der Waals surface area contributed by atoms with Crippen molar-refractivity contribution in [2.75, 3.05) is 6.54 Å². The number of nitrogens with one attached hydrogen (secondary N) is 1. The number of aryl methyl sites for hydroxylation is 1. The van der Waals surface area contributed by atoms with Gasteiger partial charge in [-0.3, -0.25) is 4.79 Å². The summed E-state index contributed by atoms with van der Waals surface area (Å²) in [5.74, 6) is 0.938. The first kappa shape index (κ1) is 16.8. The van der Waals surface area contributed by atoms with Crippen LogP contribution in [0.15, 0.2) is 41.1 Å². The second-order valence-electron chi connectivity index (χ2n) is 6.66. The maximum absolute atomic E-state index is 12.8. The molecule has 5 heteroatoms. The van der Waals surface area contributed by atoms with Crippen LogP contribution in [0.5, 0.6) is 0 Å². The van der Waals surface area contributed by atoms with Gasteiger partial charge < -0.3 is 19.2 Å². The molecule has 1 N–H and O–H groups in total. The zero-order chi connectivity index (χ0) is 16.8. The van der Waals surface area contributed by atoms with E-state index in [1.807, 2.05) is 36.3 Å². The fourth-order valence-corrected chi connectivity index (χ4v) is 3.33. The Morgan fingerprint density at radius 2 is 2.08 bits per heavy atom. The van der Waals surface area contributed by atoms with Crippen LogP contribution in [-0.2, 0) is 24.9 Å². The second kappa shape index (κ2) is 8.20. The third-order valence-corrected chi connectivity index (χ3v) is 4.83. The summed E-state index contributed by atoms with van der Waals surface area (Å²) in [5, 5.41) is 3.45. The molecule has 0 aromatic carbocycles. The van der Waals surface area contributed by atoms with Gasteiger partial charge in [0.25, 0.3) is 0 Å². The van der Waals surface area contributed by atoms with Gasteiger partial charge in [0.05, 0.1) is 25.9 Å². The average molecular weight is 329 g/mol. The van der Waals surface area contributed by atoms with Gasteiger partial charge in [-0.2, -0.15) is 0 Å². The minimum Gasteiger partial charge on any atom is -0.467 e. The van der Waals surface area contributed by atoms with E-state index in [9.17, 15) is 4.79 Å². The van der Waals surface area contributed by atoms with Crippen molar-refractivity contribution in [3.63, 3.8) is 0 Å². The molecule has 2 heterocycles. The molecule has 5 nitrogen and oxygen atoms in total. The zero-order valence-corrected chi connectivity index (χ0v) is 14.4. The van der Waals surface area contributed by atoms with Crippen LogP contribution in [0, 0.1) is 0 Å². The highest BCUT2D eigenvalue weighted by Crippen LogP contribution is 2.17. The molecule has 1 aliphatic rings. The van der Waals surface area contributed by atoms with Crippen molar-refractivity contribution in [1.29, 1.82) is 0 Å². The normalized spacial score (nSPS) is 15.5. The van der Waals surface area contributed by atoms with E-state index in [2.05, 4.69) is 16.0 Å². The van der Waals surface area contributed by atoms with Crippen molar-refractivity contribution in [1.82, 2.24) is 14.8 Å². The standard InChI is InChI=1S/C19H27N3O2/c1-21-11-5-9-17(21)14-22(15-18-10-6-12-24-18)19(23)13-20-16-7-3-2-4-8-16/h5-6,9-12,16,20H,2-4,7-8,13-15H2,1H3. The third kappa shape index (κ3) is 4.51. The quantitative estimate of drug-likeness (QED) is 0.849. The summed E-state index contributed by atoms with van der Waals surface area (Å²) in [6, 6.07) is 8.33. The van der Waals surface area contributed by atoms with Crippen LogP contribution >= 0.6 is 0 Å². The molecule has 1 saturated carbocycles. The molecule has 0 spiro atoms. The molecule has 1 fully saturated rings. The van der Waals surface area contributed by atoms with Crippen LogP contribution in [-0.4, -0.2) is 28.0 Å². The first-order valence-corrected chi connectivity index (χ1v) is 8.86. The average Bonchev–Trinajstić information content (AvgIpc) is 3.25. The number of nitrogens with zero attached hydrogens (tertiary/aromatic N) is 2. The van der Waals surface area contributed by atoms with Crippen molar-refractivity contribution in [3.05, 3.63) is 48.2 Å². The Labute approximate surface area is 143 Å². The van der Waals surface area contributed by atoms with Gasteiger partial charge in [0.2, 0.25) is 5.91 Å². The van der Waals surface area contributed by atoms with Crippen LogP contribution in [0.25, 0.3) is 0 Å². The topological polar surface area (TPSA) is 50.4 Å². The summed E-state index contributed by atoms with van der Waals surface area (Å²) >= 11 is 0. The highest BCUT2D eigenvalue weighted by atomic mass is 16.3. The third-order valence-electron chi connectivity index (χ3n) is 4.83. The van der Waals surface area contributed by atoms with Gasteiger partial charge in [0.1, 0.15) is 5.76 Å². The summed E-state index contributed by atoms with van der Waals surface area (Å²) in [5.41, 5.74) is 1.12. The molecule has 0 unspecified atom stereocenters. The van der Waals surface area contributed by atoms with Crippen molar-refractivity contribution < 1.29 is 9.21 Å². The number of furan rings is 1. The summed E-state index contributed by atoms with van der Waals surface area (Å²) in [7, 11) is 2.01. The van der Waals surface area contributed by atoms with E-state index in [4.69, 9.17) is 4.42 Å². The maximum atomic E-state index is 12.8. The Hall–Kier alpha value is -2.01. The van der Waals surface area contributed by atoms with Gasteiger partial charge in [-0.1, -0.05) is 19.3 Å². The van der Waals surface area contributed by atoms with Crippen molar-refractivity contribution >= 4 is 5.91 Å². The van der Waals surface area contributed by atoms with E-state index in [-0.39, 0.29) is 5.91 Å². The van der Waals surface area contributed by atoms with Crippen molar-refractivity contribution in [2.24, 2.45) is 7.05 Å². The highest BCUT2D eigenvalue weighted by Gasteiger charge is 2.19. The molecule has 1 aliphatic carbocycles. The van der Waals surface area contributed by atoms with E-state index in [1.165, 1.54) is 32.1 Å². The molecule has 0 atom stereocenters. The van der Waals surface area contributed by atoms with Crippen molar-refractivity contribution in [2.45, 2.75) is 51.2 Å². The number of hydrogen-bond acceptors (Lipinski definition) is 3. The van der Waals surface area contributed by atoms with E-state index >= 15 is 0 Å². The number of amides is 1. The lowest BCUT2D eigenvalue weighted by Gasteiger charge is -2.26. The lowest BCUT2D eigenvalue weighted by Crippen LogP contribution is -2.42. The first-order chi connectivity index (χ1) is 11.7. The number of carbonyl (C=O) groups is 1. The van der Waals surface area contributed by atoms with Gasteiger partial charge in [-0.05, 0) is 37.1 Å². The monoisotopic (exact) mass is 329 g/mol. The minimum absolute atomic E-state index is 0.123. The summed E-state index contributed by atoms with van der Waals surface area (Å²) in [6.45, 7) is 1.49. The molecule has 0 radical (unpaired) electrons. The van der Waals surface area contributed by atoms with Crippen LogP contribution in [0.4, 0.5) is 0 Å². The Morgan fingerprint density at radius 1 is 1.25 bits per heavy atom. The van der Waals surface area contributed by atoms with Gasteiger partial charge in [0, 0.05) is 25.0 Å². The SMILES string of the molecule is Cn1cccc1CN(Cc1ccco1)C(=O)CNC1CCCCC1. The van der Waals surface area contributed by atoms with Gasteiger partial charge in [-0.15, -0.1) is 0 Å². The lowest BCUT2D eigenvalue weighted by atomic mass is 9.95. The predicted octanol–water partition coefficient (Wildman–Crippen LogP) is 3.07. The molecule has 0 bridgehead atoms. The fourth-order valence-electron chi connectivity index (χ4n) is 3.33. The summed E-state index contributed by atoms with van der Waals surface area (Å²) in [6.07, 6.45) is 9.89. The molecule has 24 heavy (non-hydrogen) atoms. The molecule has 2 aromatic heterocycles. The Bertz CT molecular complexity index is 627. The van der Waals surface area contributed by atoms with E-state index in [0.29, 0.717) is 25.7 Å². The summed E-state index contributed by atoms with van der Waals surface area (Å²) in [4.78, 5) is 14.6. The lowest BCUT2D eigenvalue weighted by molar-refractivity contribution is -0.132. The van der Waals surface area contributed by atoms with Gasteiger partial charge >= 0.3 is 0 Å². The molecular weight excluding hydrogens is 302 g/mol. The van der Waals surface area contributed by atoms with Crippen LogP contribution in [0.1, 0.15) is 43.6 Å². The highest BCUT2D eigenvalue weighted by molar-refractivity contribution is 5.78. The molecular formula is C19H27N3O2. The summed E-state index contributed by atoms with van der Waals surface area (Å²) < 4.78 is 7.49. The predicted molar refractivity (Wildman–Crippen MR) is 93.3 cm³/mol. The smallest absolute Gasteiger partial charge is 0.237 e. The molecule has 3 rings (SSSR count). The molecule has 0 saturated heterocycles. The first-order valence-electron chi connectivity index (χ1n) is 8.86. The molecule has 0 aliphatic heterocycles. The maximum Gasteiger partial charge on any atom is 0.237 e. The largest absolute Gasteiger partial charge is 0.467 e. The second-order valence-corrected chi connectivity index (χ2v) is 6.66. The van der Waals surface area contributed by atoms with Crippen molar-refractivity contribution in [3.8, 4) is 0 Å². The molecule has 1 amide bonds. The number of carbonyl (C=O) groups excluding carboxylic acids is 1. The molecule has 2 aromatic rings.